The van der Waals surface area contributed by atoms with Gasteiger partial charge in [0.15, 0.2) is 11.5 Å². The van der Waals surface area contributed by atoms with Crippen molar-refractivity contribution >= 4 is 11.6 Å². The van der Waals surface area contributed by atoms with Crippen LogP contribution in [0.15, 0.2) is 36.4 Å². The average molecular weight is 477 g/mol. The Hall–Kier alpha value is -3.69. The van der Waals surface area contributed by atoms with Crippen LogP contribution in [0.3, 0.4) is 0 Å². The first-order valence-corrected chi connectivity index (χ1v) is 10.4. The fourth-order valence-corrected chi connectivity index (χ4v) is 3.69. The molecule has 0 saturated carbocycles. The number of nitrogens with zero attached hydrogens (tertiary/aromatic N) is 2. The maximum atomic E-state index is 13.3. The molecule has 1 amide bonds. The zero-order chi connectivity index (χ0) is 25.0. The molecule has 7 nitrogen and oxygen atoms in total. The highest BCUT2D eigenvalue weighted by Gasteiger charge is 2.31. The van der Waals surface area contributed by atoms with Crippen molar-refractivity contribution in [2.75, 3.05) is 26.6 Å². The minimum Gasteiger partial charge on any atom is -0.493 e. The maximum Gasteiger partial charge on any atom is 0.416 e. The lowest BCUT2D eigenvalue weighted by Crippen LogP contribution is -2.16. The van der Waals surface area contributed by atoms with E-state index in [9.17, 15) is 18.0 Å². The van der Waals surface area contributed by atoms with E-state index in [1.54, 1.807) is 32.0 Å². The minimum absolute atomic E-state index is 0.00134. The molecule has 34 heavy (non-hydrogen) atoms. The van der Waals surface area contributed by atoms with Crippen LogP contribution in [0.2, 0.25) is 0 Å². The van der Waals surface area contributed by atoms with Crippen molar-refractivity contribution in [3.05, 3.63) is 58.9 Å². The molecule has 0 bridgehead atoms. The molecule has 1 heterocycles. The van der Waals surface area contributed by atoms with E-state index in [4.69, 9.17) is 14.2 Å². The number of carbonyl (C=O) groups is 1. The lowest BCUT2D eigenvalue weighted by Gasteiger charge is -2.17. The predicted octanol–water partition coefficient (Wildman–Crippen LogP) is 5.11. The van der Waals surface area contributed by atoms with Crippen LogP contribution < -0.4 is 19.5 Å². The van der Waals surface area contributed by atoms with E-state index in [0.29, 0.717) is 34.2 Å². The van der Waals surface area contributed by atoms with Crippen molar-refractivity contribution in [3.63, 3.8) is 0 Å². The first-order chi connectivity index (χ1) is 16.1. The summed E-state index contributed by atoms with van der Waals surface area (Å²) >= 11 is 0. The minimum atomic E-state index is -4.56. The summed E-state index contributed by atoms with van der Waals surface area (Å²) in [6, 6.07) is 8.43. The molecular formula is C24H26F3N3O4. The second-order valence-electron chi connectivity index (χ2n) is 7.61. The van der Waals surface area contributed by atoms with E-state index in [1.807, 2.05) is 0 Å². The molecule has 0 aliphatic carbocycles. The van der Waals surface area contributed by atoms with Gasteiger partial charge in [0.1, 0.15) is 0 Å². The van der Waals surface area contributed by atoms with Gasteiger partial charge in [0.25, 0.3) is 0 Å². The number of amides is 1. The van der Waals surface area contributed by atoms with Crippen LogP contribution in [0.25, 0.3) is 5.69 Å². The van der Waals surface area contributed by atoms with Crippen LogP contribution in [0.4, 0.5) is 18.9 Å². The van der Waals surface area contributed by atoms with Crippen LogP contribution in [0.5, 0.6) is 17.2 Å². The van der Waals surface area contributed by atoms with Gasteiger partial charge in [-0.05, 0) is 56.2 Å². The number of aryl methyl sites for hydroxylation is 3. The van der Waals surface area contributed by atoms with E-state index in [1.165, 1.54) is 32.1 Å². The molecule has 0 unspecified atom stereocenters. The zero-order valence-corrected chi connectivity index (χ0v) is 19.5. The molecule has 1 N–H and O–H groups in total. The van der Waals surface area contributed by atoms with Gasteiger partial charge in [0, 0.05) is 12.1 Å². The lowest BCUT2D eigenvalue weighted by atomic mass is 10.1. The van der Waals surface area contributed by atoms with E-state index in [2.05, 4.69) is 10.4 Å². The summed E-state index contributed by atoms with van der Waals surface area (Å²) < 4.78 is 57.6. The van der Waals surface area contributed by atoms with Crippen molar-refractivity contribution in [3.8, 4) is 22.9 Å². The molecule has 0 spiro atoms. The molecule has 1 aromatic heterocycles. The van der Waals surface area contributed by atoms with Gasteiger partial charge in [-0.3, -0.25) is 4.79 Å². The SMILES string of the molecule is COc1ccc(CCC(=O)Nc2cc(C(F)(F)F)ccc2-n2nc(C)cc2C)c(OC)c1OC. The smallest absolute Gasteiger partial charge is 0.416 e. The monoisotopic (exact) mass is 477 g/mol. The Kier molecular flexibility index (Phi) is 7.38. The van der Waals surface area contributed by atoms with Crippen LogP contribution >= 0.6 is 0 Å². The molecule has 0 aliphatic rings. The van der Waals surface area contributed by atoms with Crippen LogP contribution in [0, 0.1) is 13.8 Å². The predicted molar refractivity (Wildman–Crippen MR) is 121 cm³/mol. The molecule has 0 atom stereocenters. The molecular weight excluding hydrogens is 451 g/mol. The molecule has 0 fully saturated rings. The van der Waals surface area contributed by atoms with Gasteiger partial charge in [0.2, 0.25) is 11.7 Å². The van der Waals surface area contributed by atoms with E-state index in [-0.39, 0.29) is 18.5 Å². The quantitative estimate of drug-likeness (QED) is 0.488. The number of benzene rings is 2. The Bertz CT molecular complexity index is 1190. The highest BCUT2D eigenvalue weighted by atomic mass is 19.4. The standard InChI is InChI=1S/C24H26F3N3O4/c1-14-12-15(2)30(29-14)19-9-8-17(24(25,26)27)13-18(19)28-21(31)11-7-16-6-10-20(32-3)23(34-5)22(16)33-4/h6,8-10,12-13H,7,11H2,1-5H3,(H,28,31). The Morgan fingerprint density at radius 3 is 2.26 bits per heavy atom. The third-order valence-corrected chi connectivity index (χ3v) is 5.24. The fraction of sp³-hybridized carbons (Fsp3) is 0.333. The number of methoxy groups -OCH3 is 3. The van der Waals surface area contributed by atoms with Gasteiger partial charge in [-0.25, -0.2) is 4.68 Å². The third kappa shape index (κ3) is 5.27. The molecule has 0 radical (unpaired) electrons. The van der Waals surface area contributed by atoms with Gasteiger partial charge in [0.05, 0.1) is 44.0 Å². The number of hydrogen-bond acceptors (Lipinski definition) is 5. The van der Waals surface area contributed by atoms with Crippen LogP contribution in [-0.2, 0) is 17.4 Å². The average Bonchev–Trinajstić information content (AvgIpc) is 3.13. The summed E-state index contributed by atoms with van der Waals surface area (Å²) in [6.45, 7) is 3.56. The van der Waals surface area contributed by atoms with Crippen molar-refractivity contribution in [2.24, 2.45) is 0 Å². The van der Waals surface area contributed by atoms with Gasteiger partial charge in [-0.1, -0.05) is 6.07 Å². The second kappa shape index (κ2) is 10.1. The second-order valence-corrected chi connectivity index (χ2v) is 7.61. The van der Waals surface area contributed by atoms with E-state index in [0.717, 1.165) is 17.8 Å². The topological polar surface area (TPSA) is 74.6 Å². The molecule has 0 aliphatic heterocycles. The fourth-order valence-electron chi connectivity index (χ4n) is 3.69. The van der Waals surface area contributed by atoms with Gasteiger partial charge >= 0.3 is 6.18 Å². The summed E-state index contributed by atoms with van der Waals surface area (Å²) in [6.07, 6.45) is -4.29. The Morgan fingerprint density at radius 1 is 1.00 bits per heavy atom. The Morgan fingerprint density at radius 2 is 1.71 bits per heavy atom. The Labute approximate surface area is 195 Å². The van der Waals surface area contributed by atoms with Crippen LogP contribution in [0.1, 0.15) is 28.9 Å². The summed E-state index contributed by atoms with van der Waals surface area (Å²) in [7, 11) is 4.45. The van der Waals surface area contributed by atoms with E-state index >= 15 is 0 Å². The van der Waals surface area contributed by atoms with Gasteiger partial charge < -0.3 is 19.5 Å². The van der Waals surface area contributed by atoms with Crippen LogP contribution in [-0.4, -0.2) is 37.0 Å². The molecule has 3 rings (SSSR count). The first-order valence-electron chi connectivity index (χ1n) is 10.4. The van der Waals surface area contributed by atoms with E-state index < -0.39 is 17.6 Å². The molecule has 2 aromatic carbocycles. The first kappa shape index (κ1) is 24.9. The van der Waals surface area contributed by atoms with Crippen molar-refractivity contribution in [1.29, 1.82) is 0 Å². The van der Waals surface area contributed by atoms with Crippen molar-refractivity contribution in [1.82, 2.24) is 9.78 Å². The normalized spacial score (nSPS) is 11.3. The van der Waals surface area contributed by atoms with Gasteiger partial charge in [-0.15, -0.1) is 0 Å². The van der Waals surface area contributed by atoms with Crippen molar-refractivity contribution < 1.29 is 32.2 Å². The summed E-state index contributed by atoms with van der Waals surface area (Å²) in [5, 5.41) is 6.95. The number of carbonyl (C=O) groups excluding carboxylic acids is 1. The number of nitrogens with one attached hydrogen (secondary N) is 1. The zero-order valence-electron chi connectivity index (χ0n) is 19.5. The van der Waals surface area contributed by atoms with Crippen molar-refractivity contribution in [2.45, 2.75) is 32.9 Å². The number of anilines is 1. The molecule has 182 valence electrons. The molecule has 10 heteroatoms. The highest BCUT2D eigenvalue weighted by molar-refractivity contribution is 5.93. The molecule has 3 aromatic rings. The highest BCUT2D eigenvalue weighted by Crippen LogP contribution is 2.40. The van der Waals surface area contributed by atoms with Gasteiger partial charge in [-0.2, -0.15) is 18.3 Å². The summed E-state index contributed by atoms with van der Waals surface area (Å²) in [5.74, 6) is 0.842. The number of alkyl halides is 3. The summed E-state index contributed by atoms with van der Waals surface area (Å²) in [5.41, 5.74) is 1.62. The number of hydrogen-bond donors (Lipinski definition) is 1. The maximum absolute atomic E-state index is 13.3. The summed E-state index contributed by atoms with van der Waals surface area (Å²) in [4.78, 5) is 12.8. The number of ether oxygens (including phenoxy) is 3. The molecule has 0 saturated heterocycles. The largest absolute Gasteiger partial charge is 0.493 e. The number of aromatic nitrogens is 2. The Balaban J connectivity index is 1.88. The third-order valence-electron chi connectivity index (χ3n) is 5.24. The lowest BCUT2D eigenvalue weighted by molar-refractivity contribution is -0.137. The number of halogens is 3. The number of rotatable bonds is 8.